The van der Waals surface area contributed by atoms with E-state index in [0.717, 1.165) is 48.8 Å². The first-order valence-corrected chi connectivity index (χ1v) is 9.92. The van der Waals surface area contributed by atoms with E-state index in [1.807, 2.05) is 17.2 Å². The predicted molar refractivity (Wildman–Crippen MR) is 98.4 cm³/mol. The van der Waals surface area contributed by atoms with Crippen LogP contribution in [0.2, 0.25) is 0 Å². The lowest BCUT2D eigenvalue weighted by molar-refractivity contribution is -0.387. The summed E-state index contributed by atoms with van der Waals surface area (Å²) in [6, 6.07) is 4.74. The van der Waals surface area contributed by atoms with Gasteiger partial charge in [0.2, 0.25) is 0 Å². The molecule has 0 aliphatic carbocycles. The molecule has 0 atom stereocenters. The van der Waals surface area contributed by atoms with Gasteiger partial charge in [0.05, 0.1) is 9.82 Å². The van der Waals surface area contributed by atoms with Gasteiger partial charge in [0, 0.05) is 35.8 Å². The molecule has 6 nitrogen and oxygen atoms in total. The SMILES string of the molecule is Cc1csc(Sc2ccc(C(=O)N3CCCCCC3)cc2[N+](=O)[O-])n1. The Morgan fingerprint density at radius 3 is 2.60 bits per heavy atom. The number of aryl methyl sites for hydroxylation is 1. The van der Waals surface area contributed by atoms with E-state index in [0.29, 0.717) is 10.5 Å². The maximum absolute atomic E-state index is 12.7. The first-order chi connectivity index (χ1) is 12.0. The van der Waals surface area contributed by atoms with Crippen molar-refractivity contribution in [1.29, 1.82) is 0 Å². The van der Waals surface area contributed by atoms with E-state index in [2.05, 4.69) is 4.98 Å². The Hall–Kier alpha value is -1.93. The Morgan fingerprint density at radius 1 is 1.28 bits per heavy atom. The lowest BCUT2D eigenvalue weighted by atomic mass is 10.1. The molecule has 0 spiro atoms. The largest absolute Gasteiger partial charge is 0.339 e. The van der Waals surface area contributed by atoms with E-state index in [-0.39, 0.29) is 11.6 Å². The number of carbonyl (C=O) groups excluding carboxylic acids is 1. The van der Waals surface area contributed by atoms with E-state index in [9.17, 15) is 14.9 Å². The van der Waals surface area contributed by atoms with Crippen LogP contribution in [0.15, 0.2) is 32.8 Å². The van der Waals surface area contributed by atoms with Crippen molar-refractivity contribution in [3.8, 4) is 0 Å². The third-order valence-electron chi connectivity index (χ3n) is 4.09. The van der Waals surface area contributed by atoms with Gasteiger partial charge in [0.25, 0.3) is 11.6 Å². The number of nitrogens with zero attached hydrogens (tertiary/aromatic N) is 3. The molecule has 1 aliphatic heterocycles. The fourth-order valence-electron chi connectivity index (χ4n) is 2.81. The van der Waals surface area contributed by atoms with Crippen molar-refractivity contribution in [1.82, 2.24) is 9.88 Å². The summed E-state index contributed by atoms with van der Waals surface area (Å²) in [5.41, 5.74) is 1.23. The van der Waals surface area contributed by atoms with E-state index in [1.54, 1.807) is 12.1 Å². The van der Waals surface area contributed by atoms with Crippen molar-refractivity contribution < 1.29 is 9.72 Å². The molecule has 1 amide bonds. The molecule has 1 saturated heterocycles. The van der Waals surface area contributed by atoms with Gasteiger partial charge < -0.3 is 4.90 Å². The number of hydrogen-bond acceptors (Lipinski definition) is 6. The second-order valence-electron chi connectivity index (χ2n) is 6.00. The average Bonchev–Trinajstić information content (AvgIpc) is 2.85. The van der Waals surface area contributed by atoms with Gasteiger partial charge in [-0.2, -0.15) is 0 Å². The van der Waals surface area contributed by atoms with Crippen LogP contribution in [0, 0.1) is 17.0 Å². The quantitative estimate of drug-likeness (QED) is 0.578. The number of amides is 1. The zero-order valence-corrected chi connectivity index (χ0v) is 15.6. The summed E-state index contributed by atoms with van der Waals surface area (Å²) in [5.74, 6) is -0.119. The third kappa shape index (κ3) is 4.38. The van der Waals surface area contributed by atoms with Gasteiger partial charge in [0.15, 0.2) is 4.34 Å². The van der Waals surface area contributed by atoms with Crippen molar-refractivity contribution in [2.75, 3.05) is 13.1 Å². The average molecular weight is 377 g/mol. The topological polar surface area (TPSA) is 76.3 Å². The minimum atomic E-state index is -0.429. The molecule has 1 aromatic carbocycles. The highest BCUT2D eigenvalue weighted by Gasteiger charge is 2.22. The minimum Gasteiger partial charge on any atom is -0.339 e. The van der Waals surface area contributed by atoms with E-state index in [4.69, 9.17) is 0 Å². The van der Waals surface area contributed by atoms with Gasteiger partial charge in [-0.05, 0) is 31.9 Å². The molecule has 0 bridgehead atoms. The van der Waals surface area contributed by atoms with Gasteiger partial charge in [-0.1, -0.05) is 24.6 Å². The third-order valence-corrected chi connectivity index (χ3v) is 6.21. The highest BCUT2D eigenvalue weighted by molar-refractivity contribution is 8.01. The molecule has 132 valence electrons. The number of likely N-dealkylation sites (tertiary alicyclic amines) is 1. The lowest BCUT2D eigenvalue weighted by Crippen LogP contribution is -2.31. The standard InChI is InChI=1S/C17H19N3O3S2/c1-12-11-24-17(18-12)25-15-7-6-13(10-14(15)20(22)23)16(21)19-8-4-2-3-5-9-19/h6-7,10-11H,2-5,8-9H2,1H3. The molecule has 3 rings (SSSR count). The second kappa shape index (κ2) is 7.97. The van der Waals surface area contributed by atoms with Crippen LogP contribution in [0.1, 0.15) is 41.7 Å². The maximum Gasteiger partial charge on any atom is 0.284 e. The van der Waals surface area contributed by atoms with Gasteiger partial charge >= 0.3 is 0 Å². The van der Waals surface area contributed by atoms with Gasteiger partial charge in [-0.15, -0.1) is 11.3 Å². The van der Waals surface area contributed by atoms with E-state index < -0.39 is 4.92 Å². The Bertz CT molecular complexity index is 783. The highest BCUT2D eigenvalue weighted by Crippen LogP contribution is 2.37. The van der Waals surface area contributed by atoms with E-state index >= 15 is 0 Å². The van der Waals surface area contributed by atoms with Gasteiger partial charge in [-0.3, -0.25) is 14.9 Å². The van der Waals surface area contributed by atoms with Crippen LogP contribution >= 0.6 is 23.1 Å². The minimum absolute atomic E-state index is 0.0430. The van der Waals surface area contributed by atoms with Crippen molar-refractivity contribution in [3.05, 3.63) is 45.0 Å². The van der Waals surface area contributed by atoms with Crippen molar-refractivity contribution in [2.45, 2.75) is 41.8 Å². The molecule has 0 N–H and O–H groups in total. The Labute approximate surface area is 154 Å². The van der Waals surface area contributed by atoms with Gasteiger partial charge in [0.1, 0.15) is 0 Å². The number of rotatable bonds is 4. The molecule has 1 aromatic heterocycles. The summed E-state index contributed by atoms with van der Waals surface area (Å²) in [7, 11) is 0. The molecule has 2 aromatic rings. The molecule has 0 saturated carbocycles. The lowest BCUT2D eigenvalue weighted by Gasteiger charge is -2.20. The highest BCUT2D eigenvalue weighted by atomic mass is 32.2. The van der Waals surface area contributed by atoms with Crippen molar-refractivity contribution >= 4 is 34.7 Å². The van der Waals surface area contributed by atoms with Crippen LogP contribution in [0.5, 0.6) is 0 Å². The number of nitro benzene ring substituents is 1. The predicted octanol–water partition coefficient (Wildman–Crippen LogP) is 4.53. The molecule has 1 aliphatic rings. The summed E-state index contributed by atoms with van der Waals surface area (Å²) in [6.07, 6.45) is 4.25. The summed E-state index contributed by atoms with van der Waals surface area (Å²) >= 11 is 2.72. The number of nitro groups is 1. The monoisotopic (exact) mass is 377 g/mol. The second-order valence-corrected chi connectivity index (χ2v) is 8.15. The normalized spacial score (nSPS) is 15.0. The molecule has 0 unspecified atom stereocenters. The van der Waals surface area contributed by atoms with E-state index in [1.165, 1.54) is 29.2 Å². The fraction of sp³-hybridized carbons (Fsp3) is 0.412. The number of hydrogen-bond donors (Lipinski definition) is 0. The smallest absolute Gasteiger partial charge is 0.284 e. The number of aromatic nitrogens is 1. The number of thiazole rings is 1. The Kier molecular flexibility index (Phi) is 5.70. The van der Waals surface area contributed by atoms with Crippen LogP contribution in [0.3, 0.4) is 0 Å². The Morgan fingerprint density at radius 2 is 2.00 bits per heavy atom. The Balaban J connectivity index is 1.85. The summed E-state index contributed by atoms with van der Waals surface area (Å²) in [4.78, 5) is 30.4. The molecular formula is C17H19N3O3S2. The van der Waals surface area contributed by atoms with Crippen LogP contribution in [0.4, 0.5) is 5.69 Å². The van der Waals surface area contributed by atoms with Gasteiger partial charge in [-0.25, -0.2) is 4.98 Å². The summed E-state index contributed by atoms with van der Waals surface area (Å²) in [6.45, 7) is 3.33. The molecule has 2 heterocycles. The number of benzene rings is 1. The zero-order chi connectivity index (χ0) is 17.8. The van der Waals surface area contributed by atoms with Crippen LogP contribution in [0.25, 0.3) is 0 Å². The van der Waals surface area contributed by atoms with Crippen LogP contribution in [-0.2, 0) is 0 Å². The maximum atomic E-state index is 12.7. The molecule has 1 fully saturated rings. The first-order valence-electron chi connectivity index (χ1n) is 8.22. The van der Waals surface area contributed by atoms with Crippen LogP contribution < -0.4 is 0 Å². The molecule has 8 heteroatoms. The van der Waals surface area contributed by atoms with Crippen molar-refractivity contribution in [2.24, 2.45) is 0 Å². The summed E-state index contributed by atoms with van der Waals surface area (Å²) < 4.78 is 0.757. The number of carbonyl (C=O) groups is 1. The molecule has 25 heavy (non-hydrogen) atoms. The van der Waals surface area contributed by atoms with Crippen molar-refractivity contribution in [3.63, 3.8) is 0 Å². The molecular weight excluding hydrogens is 358 g/mol. The van der Waals surface area contributed by atoms with Crippen LogP contribution in [-0.4, -0.2) is 33.8 Å². The summed E-state index contributed by atoms with van der Waals surface area (Å²) in [5, 5.41) is 13.4. The first kappa shape index (κ1) is 17.9. The zero-order valence-electron chi connectivity index (χ0n) is 13.9. The fourth-order valence-corrected chi connectivity index (χ4v) is 4.69. The molecule has 0 radical (unpaired) electrons.